The van der Waals surface area contributed by atoms with Crippen LogP contribution in [0.2, 0.25) is 0 Å². The molecular formula is C7H11F3O4S. The molecule has 0 aliphatic carbocycles. The van der Waals surface area contributed by atoms with E-state index in [4.69, 9.17) is 0 Å². The van der Waals surface area contributed by atoms with Crippen LogP contribution in [0.25, 0.3) is 0 Å². The summed E-state index contributed by atoms with van der Waals surface area (Å²) in [4.78, 5) is 10.1. The molecule has 0 saturated carbocycles. The number of rotatable bonds is 6. The molecule has 0 saturated heterocycles. The summed E-state index contributed by atoms with van der Waals surface area (Å²) in [7, 11) is -5.49. The maximum Gasteiger partial charge on any atom is 0.523 e. The third-order valence-corrected chi connectivity index (χ3v) is 2.60. The van der Waals surface area contributed by atoms with E-state index in [1.54, 1.807) is 6.92 Å². The van der Waals surface area contributed by atoms with Crippen LogP contribution in [-0.2, 0) is 19.1 Å². The zero-order valence-corrected chi connectivity index (χ0v) is 8.77. The second-order valence-corrected chi connectivity index (χ2v) is 4.58. The minimum Gasteiger partial charge on any atom is -0.303 e. The lowest BCUT2D eigenvalue weighted by Gasteiger charge is -2.08. The van der Waals surface area contributed by atoms with Crippen molar-refractivity contribution in [2.75, 3.05) is 6.61 Å². The van der Waals surface area contributed by atoms with Crippen molar-refractivity contribution in [3.63, 3.8) is 0 Å². The van der Waals surface area contributed by atoms with Crippen LogP contribution >= 0.6 is 0 Å². The first-order valence-corrected chi connectivity index (χ1v) is 5.52. The zero-order chi connectivity index (χ0) is 12.1. The molecule has 0 aliphatic heterocycles. The lowest BCUT2D eigenvalue weighted by molar-refractivity contribution is -0.110. The number of hydrogen-bond donors (Lipinski definition) is 0. The molecule has 0 amide bonds. The van der Waals surface area contributed by atoms with Gasteiger partial charge in [-0.25, -0.2) is 0 Å². The van der Waals surface area contributed by atoms with E-state index in [1.807, 2.05) is 0 Å². The molecule has 0 fully saturated rings. The number of carbonyl (C=O) groups is 1. The second kappa shape index (κ2) is 5.45. The molecule has 0 spiro atoms. The van der Waals surface area contributed by atoms with Gasteiger partial charge in [-0.1, -0.05) is 6.92 Å². The van der Waals surface area contributed by atoms with Crippen molar-refractivity contribution in [1.82, 2.24) is 0 Å². The molecule has 0 unspecified atom stereocenters. The molecule has 0 N–H and O–H groups in total. The highest BCUT2D eigenvalue weighted by Crippen LogP contribution is 2.24. The fraction of sp³-hybridized carbons (Fsp3) is 0.857. The molecule has 8 heteroatoms. The Morgan fingerprint density at radius 3 is 2.33 bits per heavy atom. The van der Waals surface area contributed by atoms with E-state index in [-0.39, 0.29) is 18.8 Å². The van der Waals surface area contributed by atoms with Crippen LogP contribution in [0.4, 0.5) is 13.2 Å². The average molecular weight is 248 g/mol. The van der Waals surface area contributed by atoms with Crippen LogP contribution in [0.15, 0.2) is 0 Å². The van der Waals surface area contributed by atoms with Gasteiger partial charge in [-0.05, 0) is 12.8 Å². The van der Waals surface area contributed by atoms with Gasteiger partial charge in [-0.3, -0.25) is 4.18 Å². The first-order chi connectivity index (χ1) is 6.70. The monoisotopic (exact) mass is 248 g/mol. The van der Waals surface area contributed by atoms with Crippen LogP contribution in [0.5, 0.6) is 0 Å². The summed E-state index contributed by atoms with van der Waals surface area (Å²) in [6.07, 6.45) is 1.00. The van der Waals surface area contributed by atoms with E-state index in [1.165, 1.54) is 0 Å². The predicted molar refractivity (Wildman–Crippen MR) is 45.4 cm³/mol. The Hall–Kier alpha value is -0.630. The van der Waals surface area contributed by atoms with Gasteiger partial charge in [0.25, 0.3) is 0 Å². The molecule has 0 radical (unpaired) electrons. The average Bonchev–Trinajstić information content (AvgIpc) is 2.10. The van der Waals surface area contributed by atoms with Gasteiger partial charge in [0.2, 0.25) is 0 Å². The minimum atomic E-state index is -5.49. The smallest absolute Gasteiger partial charge is 0.303 e. The fourth-order valence-electron chi connectivity index (χ4n) is 0.709. The van der Waals surface area contributed by atoms with E-state index in [0.29, 0.717) is 6.29 Å². The van der Waals surface area contributed by atoms with Crippen molar-refractivity contribution < 1.29 is 30.6 Å². The Morgan fingerprint density at radius 1 is 1.40 bits per heavy atom. The molecule has 0 rings (SSSR count). The van der Waals surface area contributed by atoms with Crippen LogP contribution in [0.1, 0.15) is 19.8 Å². The van der Waals surface area contributed by atoms with E-state index in [0.717, 1.165) is 0 Å². The highest BCUT2D eigenvalue weighted by Gasteiger charge is 2.47. The van der Waals surface area contributed by atoms with Crippen LogP contribution in [0, 0.1) is 5.92 Å². The predicted octanol–water partition coefficient (Wildman–Crippen LogP) is 1.47. The third-order valence-electron chi connectivity index (χ3n) is 1.56. The highest BCUT2D eigenvalue weighted by molar-refractivity contribution is 7.87. The normalized spacial score (nSPS) is 14.9. The van der Waals surface area contributed by atoms with Crippen molar-refractivity contribution in [3.8, 4) is 0 Å². The number of carbonyl (C=O) groups excluding carboxylic acids is 1. The van der Waals surface area contributed by atoms with Crippen LogP contribution < -0.4 is 0 Å². The molecule has 0 aliphatic rings. The summed E-state index contributed by atoms with van der Waals surface area (Å²) in [6, 6.07) is 0. The SMILES string of the molecule is C[C@H](C=O)CCCOS(=O)(=O)C(F)(F)F. The minimum absolute atomic E-state index is 0.0786. The Morgan fingerprint density at radius 2 is 1.93 bits per heavy atom. The maximum atomic E-state index is 11.7. The lowest BCUT2D eigenvalue weighted by Crippen LogP contribution is -2.26. The molecule has 0 aromatic carbocycles. The van der Waals surface area contributed by atoms with Gasteiger partial charge in [-0.2, -0.15) is 21.6 Å². The van der Waals surface area contributed by atoms with E-state index < -0.39 is 22.2 Å². The maximum absolute atomic E-state index is 11.7. The summed E-state index contributed by atoms with van der Waals surface area (Å²) in [5.74, 6) is -0.317. The van der Waals surface area contributed by atoms with E-state index in [2.05, 4.69) is 4.18 Å². The zero-order valence-electron chi connectivity index (χ0n) is 7.95. The Bertz CT molecular complexity index is 296. The summed E-state index contributed by atoms with van der Waals surface area (Å²) < 4.78 is 59.6. The molecule has 15 heavy (non-hydrogen) atoms. The first-order valence-electron chi connectivity index (χ1n) is 4.11. The Balaban J connectivity index is 3.93. The Labute approximate surface area is 85.5 Å². The van der Waals surface area contributed by atoms with Crippen LogP contribution in [-0.4, -0.2) is 26.8 Å². The van der Waals surface area contributed by atoms with Crippen molar-refractivity contribution in [2.45, 2.75) is 25.3 Å². The van der Waals surface area contributed by atoms with Crippen molar-refractivity contribution in [2.24, 2.45) is 5.92 Å². The molecule has 0 bridgehead atoms. The van der Waals surface area contributed by atoms with Crippen molar-refractivity contribution >= 4 is 16.4 Å². The quantitative estimate of drug-likeness (QED) is 0.309. The lowest BCUT2D eigenvalue weighted by atomic mass is 10.1. The summed E-state index contributed by atoms with van der Waals surface area (Å²) in [6.45, 7) is 1.01. The highest BCUT2D eigenvalue weighted by atomic mass is 32.2. The summed E-state index contributed by atoms with van der Waals surface area (Å²) in [5.41, 5.74) is -5.39. The number of halogens is 3. The second-order valence-electron chi connectivity index (χ2n) is 2.98. The molecule has 1 atom stereocenters. The standard InChI is InChI=1S/C7H11F3O4S/c1-6(5-11)3-2-4-14-15(12,13)7(8,9)10/h5-6H,2-4H2,1H3/t6-/m0/s1. The number of alkyl halides is 3. The molecule has 0 heterocycles. The molecule has 0 aromatic rings. The molecule has 90 valence electrons. The molecular weight excluding hydrogens is 237 g/mol. The van der Waals surface area contributed by atoms with Gasteiger partial charge in [0.1, 0.15) is 6.29 Å². The van der Waals surface area contributed by atoms with Gasteiger partial charge < -0.3 is 4.79 Å². The van der Waals surface area contributed by atoms with E-state index in [9.17, 15) is 26.4 Å². The van der Waals surface area contributed by atoms with Crippen molar-refractivity contribution in [3.05, 3.63) is 0 Å². The van der Waals surface area contributed by atoms with Gasteiger partial charge in [-0.15, -0.1) is 0 Å². The summed E-state index contributed by atoms with van der Waals surface area (Å²) in [5, 5.41) is 0. The van der Waals surface area contributed by atoms with Gasteiger partial charge in [0.15, 0.2) is 0 Å². The van der Waals surface area contributed by atoms with Gasteiger partial charge >= 0.3 is 15.6 Å². The molecule has 0 aromatic heterocycles. The first kappa shape index (κ1) is 14.4. The van der Waals surface area contributed by atoms with Crippen molar-refractivity contribution in [1.29, 1.82) is 0 Å². The molecule has 4 nitrogen and oxygen atoms in total. The fourth-order valence-corrected chi connectivity index (χ4v) is 1.18. The van der Waals surface area contributed by atoms with Gasteiger partial charge in [0, 0.05) is 5.92 Å². The van der Waals surface area contributed by atoms with Gasteiger partial charge in [0.05, 0.1) is 6.61 Å². The van der Waals surface area contributed by atoms with Crippen LogP contribution in [0.3, 0.4) is 0 Å². The summed E-state index contributed by atoms with van der Waals surface area (Å²) >= 11 is 0. The third kappa shape index (κ3) is 5.12. The Kier molecular flexibility index (Phi) is 5.22. The largest absolute Gasteiger partial charge is 0.523 e. The number of hydrogen-bond acceptors (Lipinski definition) is 4. The topological polar surface area (TPSA) is 60.4 Å². The van der Waals surface area contributed by atoms with E-state index >= 15 is 0 Å². The number of aldehydes is 1.